The molecule has 7 nitrogen and oxygen atoms in total. The lowest BCUT2D eigenvalue weighted by atomic mass is 10.2. The number of thiazole rings is 1. The van der Waals surface area contributed by atoms with Crippen molar-refractivity contribution in [3.8, 4) is 16.2 Å². The first-order chi connectivity index (χ1) is 16.1. The highest BCUT2D eigenvalue weighted by atomic mass is 32.1. The van der Waals surface area contributed by atoms with Crippen molar-refractivity contribution in [1.82, 2.24) is 9.88 Å². The van der Waals surface area contributed by atoms with Gasteiger partial charge in [-0.2, -0.15) is 0 Å². The van der Waals surface area contributed by atoms with Crippen LogP contribution in [0.15, 0.2) is 60.8 Å². The monoisotopic (exact) mass is 465 g/mol. The maximum atomic E-state index is 12.9. The molecule has 0 aliphatic carbocycles. The third-order valence-electron chi connectivity index (χ3n) is 5.34. The molecule has 33 heavy (non-hydrogen) atoms. The Bertz CT molecular complexity index is 1070. The topological polar surface area (TPSA) is 80.8 Å². The zero-order valence-corrected chi connectivity index (χ0v) is 19.3. The van der Waals surface area contributed by atoms with Crippen LogP contribution in [-0.4, -0.2) is 41.1 Å². The molecule has 0 unspecified atom stereocenters. The van der Waals surface area contributed by atoms with Crippen LogP contribution in [0.1, 0.15) is 31.7 Å². The maximum absolute atomic E-state index is 12.9. The van der Waals surface area contributed by atoms with Gasteiger partial charge in [0.05, 0.1) is 11.5 Å². The molecule has 0 bridgehead atoms. The van der Waals surface area contributed by atoms with Gasteiger partial charge in [-0.1, -0.05) is 48.6 Å². The van der Waals surface area contributed by atoms with E-state index in [4.69, 9.17) is 9.47 Å². The highest BCUT2D eigenvalue weighted by Crippen LogP contribution is 2.31. The summed E-state index contributed by atoms with van der Waals surface area (Å²) in [4.78, 5) is 32.2. The molecule has 1 fully saturated rings. The van der Waals surface area contributed by atoms with Crippen LogP contribution in [-0.2, 0) is 16.1 Å². The quantitative estimate of drug-likeness (QED) is 0.486. The van der Waals surface area contributed by atoms with Crippen molar-refractivity contribution in [1.29, 1.82) is 0 Å². The van der Waals surface area contributed by atoms with Gasteiger partial charge in [-0.15, -0.1) is 0 Å². The number of likely N-dealkylation sites (tertiary alicyclic amines) is 1. The lowest BCUT2D eigenvalue weighted by Crippen LogP contribution is -2.43. The lowest BCUT2D eigenvalue weighted by Gasteiger charge is -2.22. The van der Waals surface area contributed by atoms with E-state index in [2.05, 4.69) is 17.2 Å². The van der Waals surface area contributed by atoms with Gasteiger partial charge in [0.1, 0.15) is 18.4 Å². The maximum Gasteiger partial charge on any atom is 0.410 e. The number of benzene rings is 2. The number of hydrogen-bond donors (Lipinski definition) is 1. The average molecular weight is 466 g/mol. The van der Waals surface area contributed by atoms with Crippen LogP contribution in [0.25, 0.3) is 10.4 Å². The smallest absolute Gasteiger partial charge is 0.410 e. The van der Waals surface area contributed by atoms with Crippen molar-refractivity contribution in [3.63, 3.8) is 0 Å². The predicted octanol–water partition coefficient (Wildman–Crippen LogP) is 5.34. The molecule has 3 aromatic rings. The molecule has 4 rings (SSSR count). The van der Waals surface area contributed by atoms with Gasteiger partial charge in [0.15, 0.2) is 5.13 Å². The van der Waals surface area contributed by atoms with E-state index < -0.39 is 12.1 Å². The Morgan fingerprint density at radius 3 is 2.70 bits per heavy atom. The molecule has 1 atom stereocenters. The summed E-state index contributed by atoms with van der Waals surface area (Å²) < 4.78 is 11.0. The van der Waals surface area contributed by atoms with E-state index in [1.165, 1.54) is 16.2 Å². The number of amides is 2. The van der Waals surface area contributed by atoms with Crippen molar-refractivity contribution >= 4 is 28.5 Å². The van der Waals surface area contributed by atoms with E-state index in [1.807, 2.05) is 54.6 Å². The number of carbonyl (C=O) groups is 2. The summed E-state index contributed by atoms with van der Waals surface area (Å²) in [6.45, 7) is 3.44. The Morgan fingerprint density at radius 1 is 1.15 bits per heavy atom. The van der Waals surface area contributed by atoms with Gasteiger partial charge in [-0.05, 0) is 54.7 Å². The summed E-state index contributed by atoms with van der Waals surface area (Å²) in [5.74, 6) is 0.590. The van der Waals surface area contributed by atoms with Crippen LogP contribution in [0.3, 0.4) is 0 Å². The highest BCUT2D eigenvalue weighted by molar-refractivity contribution is 7.19. The van der Waals surface area contributed by atoms with Gasteiger partial charge in [0.2, 0.25) is 5.91 Å². The molecule has 1 saturated heterocycles. The van der Waals surface area contributed by atoms with Gasteiger partial charge < -0.3 is 14.8 Å². The van der Waals surface area contributed by atoms with E-state index in [0.29, 0.717) is 24.7 Å². The minimum Gasteiger partial charge on any atom is -0.494 e. The Labute approximate surface area is 197 Å². The minimum atomic E-state index is -0.560. The molecule has 2 aromatic carbocycles. The fraction of sp³-hybridized carbons (Fsp3) is 0.320. The molecule has 2 heterocycles. The molecule has 0 saturated carbocycles. The third kappa shape index (κ3) is 5.90. The molecule has 0 radical (unpaired) electrons. The standard InChI is InChI=1S/C25H27N3O4S/c1-2-15-31-20-12-10-19(11-13-20)22-16-26-24(33-22)27-23(29)21-9-6-14-28(21)25(30)32-17-18-7-4-3-5-8-18/h3-5,7-8,10-13,16,21H,2,6,9,14-15,17H2,1H3,(H,26,27,29)/t21-/m0/s1. The van der Waals surface area contributed by atoms with Crippen LogP contribution < -0.4 is 10.1 Å². The summed E-state index contributed by atoms with van der Waals surface area (Å²) in [5, 5.41) is 3.37. The van der Waals surface area contributed by atoms with E-state index in [9.17, 15) is 9.59 Å². The van der Waals surface area contributed by atoms with Crippen molar-refractivity contribution in [3.05, 3.63) is 66.4 Å². The number of anilines is 1. The Kier molecular flexibility index (Phi) is 7.57. The summed E-state index contributed by atoms with van der Waals surface area (Å²) in [5.41, 5.74) is 1.91. The summed E-state index contributed by atoms with van der Waals surface area (Å²) in [7, 11) is 0. The van der Waals surface area contributed by atoms with E-state index in [1.54, 1.807) is 6.20 Å². The van der Waals surface area contributed by atoms with Crippen molar-refractivity contribution in [2.45, 2.75) is 38.8 Å². The van der Waals surface area contributed by atoms with Gasteiger partial charge in [-0.25, -0.2) is 9.78 Å². The summed E-state index contributed by atoms with van der Waals surface area (Å²) in [6, 6.07) is 16.7. The molecular weight excluding hydrogens is 438 g/mol. The Balaban J connectivity index is 1.34. The Hall–Kier alpha value is -3.39. The molecule has 0 spiro atoms. The fourth-order valence-electron chi connectivity index (χ4n) is 3.65. The van der Waals surface area contributed by atoms with E-state index in [-0.39, 0.29) is 12.5 Å². The largest absolute Gasteiger partial charge is 0.494 e. The first-order valence-electron chi connectivity index (χ1n) is 11.1. The average Bonchev–Trinajstić information content (AvgIpc) is 3.52. The number of carbonyl (C=O) groups excluding carboxylic acids is 2. The number of nitrogens with one attached hydrogen (secondary N) is 1. The second-order valence-electron chi connectivity index (χ2n) is 7.78. The van der Waals surface area contributed by atoms with Gasteiger partial charge in [0, 0.05) is 12.7 Å². The van der Waals surface area contributed by atoms with Crippen LogP contribution in [0.4, 0.5) is 9.93 Å². The number of ether oxygens (including phenoxy) is 2. The molecule has 8 heteroatoms. The molecular formula is C25H27N3O4S. The normalized spacial score (nSPS) is 15.3. The second kappa shape index (κ2) is 11.0. The molecule has 172 valence electrons. The zero-order chi connectivity index (χ0) is 23.0. The van der Waals surface area contributed by atoms with Crippen LogP contribution in [0, 0.1) is 0 Å². The minimum absolute atomic E-state index is 0.183. The number of nitrogens with zero attached hydrogens (tertiary/aromatic N) is 2. The SMILES string of the molecule is CCCOc1ccc(-c2cnc(NC(=O)[C@@H]3CCCN3C(=O)OCc3ccccc3)s2)cc1. The number of aromatic nitrogens is 1. The van der Waals surface area contributed by atoms with Gasteiger partial charge in [0.25, 0.3) is 0 Å². The molecule has 1 N–H and O–H groups in total. The number of hydrogen-bond acceptors (Lipinski definition) is 6. The van der Waals surface area contributed by atoms with Crippen LogP contribution in [0.2, 0.25) is 0 Å². The third-order valence-corrected chi connectivity index (χ3v) is 6.30. The lowest BCUT2D eigenvalue weighted by molar-refractivity contribution is -0.120. The van der Waals surface area contributed by atoms with Crippen LogP contribution in [0.5, 0.6) is 5.75 Å². The van der Waals surface area contributed by atoms with Crippen molar-refractivity contribution in [2.24, 2.45) is 0 Å². The summed E-state index contributed by atoms with van der Waals surface area (Å²) >= 11 is 1.40. The second-order valence-corrected chi connectivity index (χ2v) is 8.81. The number of rotatable bonds is 8. The molecule has 1 aromatic heterocycles. The van der Waals surface area contributed by atoms with Crippen molar-refractivity contribution < 1.29 is 19.1 Å². The van der Waals surface area contributed by atoms with E-state index >= 15 is 0 Å². The summed E-state index contributed by atoms with van der Waals surface area (Å²) in [6.07, 6.45) is 3.59. The van der Waals surface area contributed by atoms with E-state index in [0.717, 1.165) is 34.6 Å². The predicted molar refractivity (Wildman–Crippen MR) is 128 cm³/mol. The Morgan fingerprint density at radius 2 is 1.94 bits per heavy atom. The molecule has 1 aliphatic heterocycles. The molecule has 2 amide bonds. The zero-order valence-electron chi connectivity index (χ0n) is 18.5. The van der Waals surface area contributed by atoms with Crippen LogP contribution >= 0.6 is 11.3 Å². The molecule has 1 aliphatic rings. The highest BCUT2D eigenvalue weighted by Gasteiger charge is 2.35. The van der Waals surface area contributed by atoms with Gasteiger partial charge in [-0.3, -0.25) is 9.69 Å². The van der Waals surface area contributed by atoms with Gasteiger partial charge >= 0.3 is 6.09 Å². The first-order valence-corrected chi connectivity index (χ1v) is 11.9. The first kappa shape index (κ1) is 22.8. The van der Waals surface area contributed by atoms with Crippen molar-refractivity contribution in [2.75, 3.05) is 18.5 Å². The fourth-order valence-corrected chi connectivity index (χ4v) is 4.47.